The summed E-state index contributed by atoms with van der Waals surface area (Å²) in [5.74, 6) is -3.66. The average molecular weight is 257 g/mol. The molecule has 1 aliphatic carbocycles. The molecule has 6 heteroatoms. The van der Waals surface area contributed by atoms with Crippen LogP contribution in [0.1, 0.15) is 33.1 Å². The van der Waals surface area contributed by atoms with Gasteiger partial charge in [0.1, 0.15) is 6.04 Å². The number of aliphatic carboxylic acids is 2. The first kappa shape index (κ1) is 14.5. The van der Waals surface area contributed by atoms with Crippen molar-refractivity contribution in [3.05, 3.63) is 0 Å². The molecule has 1 amide bonds. The molecule has 0 aromatic heterocycles. The largest absolute Gasteiger partial charge is 0.481 e. The van der Waals surface area contributed by atoms with Gasteiger partial charge in [0.2, 0.25) is 5.91 Å². The zero-order valence-corrected chi connectivity index (χ0v) is 10.5. The van der Waals surface area contributed by atoms with Crippen LogP contribution in [-0.4, -0.2) is 34.1 Å². The maximum atomic E-state index is 11.9. The van der Waals surface area contributed by atoms with Gasteiger partial charge in [0.25, 0.3) is 0 Å². The molecule has 0 aromatic rings. The minimum absolute atomic E-state index is 0.224. The number of amides is 1. The smallest absolute Gasteiger partial charge is 0.325 e. The minimum atomic E-state index is -1.12. The maximum Gasteiger partial charge on any atom is 0.325 e. The van der Waals surface area contributed by atoms with Gasteiger partial charge in [-0.25, -0.2) is 0 Å². The second kappa shape index (κ2) is 5.84. The zero-order valence-electron chi connectivity index (χ0n) is 10.5. The number of carbonyl (C=O) groups excluding carboxylic acids is 1. The van der Waals surface area contributed by atoms with Gasteiger partial charge in [0.05, 0.1) is 11.8 Å². The Morgan fingerprint density at radius 3 is 2.22 bits per heavy atom. The summed E-state index contributed by atoms with van der Waals surface area (Å²) in [6.07, 6.45) is 1.85. The third kappa shape index (κ3) is 3.21. The molecule has 0 radical (unpaired) electrons. The van der Waals surface area contributed by atoms with Gasteiger partial charge in [-0.2, -0.15) is 0 Å². The fourth-order valence-corrected chi connectivity index (χ4v) is 2.42. The van der Waals surface area contributed by atoms with Crippen molar-refractivity contribution in [3.63, 3.8) is 0 Å². The fraction of sp³-hybridized carbons (Fsp3) is 0.750. The van der Waals surface area contributed by atoms with Crippen molar-refractivity contribution < 1.29 is 24.6 Å². The fourth-order valence-electron chi connectivity index (χ4n) is 2.42. The second-order valence-corrected chi connectivity index (χ2v) is 4.87. The summed E-state index contributed by atoms with van der Waals surface area (Å²) in [4.78, 5) is 33.7. The van der Waals surface area contributed by atoms with Crippen molar-refractivity contribution in [2.75, 3.05) is 0 Å². The zero-order chi connectivity index (χ0) is 13.9. The van der Waals surface area contributed by atoms with Gasteiger partial charge in [-0.1, -0.05) is 13.3 Å². The van der Waals surface area contributed by atoms with E-state index in [1.54, 1.807) is 0 Å². The summed E-state index contributed by atoms with van der Waals surface area (Å²) in [5, 5.41) is 20.2. The first-order valence-electron chi connectivity index (χ1n) is 6.12. The highest BCUT2D eigenvalue weighted by Crippen LogP contribution is 2.38. The summed E-state index contributed by atoms with van der Waals surface area (Å²) in [6, 6.07) is -0.993. The standard InChI is InChI=1S/C12H19NO5/c1-3-7-4-8(9(5-7)12(17)18)10(14)13-6(2)11(15)16/h6-9H,3-5H2,1-2H3,(H,13,14)(H,15,16)(H,17,18). The molecule has 4 unspecified atom stereocenters. The van der Waals surface area contributed by atoms with Gasteiger partial charge >= 0.3 is 11.9 Å². The summed E-state index contributed by atoms with van der Waals surface area (Å²) in [5.41, 5.74) is 0. The van der Waals surface area contributed by atoms with Crippen molar-refractivity contribution in [2.45, 2.75) is 39.2 Å². The van der Waals surface area contributed by atoms with Crippen LogP contribution < -0.4 is 5.32 Å². The summed E-state index contributed by atoms with van der Waals surface area (Å²) < 4.78 is 0. The molecule has 18 heavy (non-hydrogen) atoms. The van der Waals surface area contributed by atoms with E-state index in [1.807, 2.05) is 6.92 Å². The van der Waals surface area contributed by atoms with E-state index in [2.05, 4.69) is 5.32 Å². The molecule has 102 valence electrons. The number of hydrogen-bond acceptors (Lipinski definition) is 3. The van der Waals surface area contributed by atoms with E-state index in [0.29, 0.717) is 12.8 Å². The van der Waals surface area contributed by atoms with E-state index in [4.69, 9.17) is 10.2 Å². The van der Waals surface area contributed by atoms with Gasteiger partial charge in [0.15, 0.2) is 0 Å². The molecule has 1 aliphatic rings. The predicted octanol–water partition coefficient (Wildman–Crippen LogP) is 0.713. The molecule has 0 spiro atoms. The van der Waals surface area contributed by atoms with E-state index < -0.39 is 35.7 Å². The Morgan fingerprint density at radius 2 is 1.78 bits per heavy atom. The van der Waals surface area contributed by atoms with Gasteiger partial charge < -0.3 is 15.5 Å². The molecule has 0 aliphatic heterocycles. The van der Waals surface area contributed by atoms with E-state index >= 15 is 0 Å². The molecular formula is C12H19NO5. The molecule has 0 heterocycles. The molecule has 1 rings (SSSR count). The highest BCUT2D eigenvalue weighted by Gasteiger charge is 2.42. The van der Waals surface area contributed by atoms with E-state index in [1.165, 1.54) is 6.92 Å². The first-order chi connectivity index (χ1) is 8.36. The second-order valence-electron chi connectivity index (χ2n) is 4.87. The van der Waals surface area contributed by atoms with Gasteiger partial charge in [-0.3, -0.25) is 14.4 Å². The normalized spacial score (nSPS) is 28.7. The Balaban J connectivity index is 2.70. The SMILES string of the molecule is CCC1CC(C(=O)O)C(C(=O)NC(C)C(=O)O)C1. The van der Waals surface area contributed by atoms with Crippen molar-refractivity contribution in [3.8, 4) is 0 Å². The van der Waals surface area contributed by atoms with Crippen LogP contribution in [0, 0.1) is 17.8 Å². The van der Waals surface area contributed by atoms with Gasteiger partial charge in [-0.05, 0) is 25.7 Å². The Kier molecular flexibility index (Phi) is 4.69. The summed E-state index contributed by atoms with van der Waals surface area (Å²) in [6.45, 7) is 3.33. The minimum Gasteiger partial charge on any atom is -0.481 e. The molecule has 0 aromatic carbocycles. The van der Waals surface area contributed by atoms with Crippen LogP contribution in [0.15, 0.2) is 0 Å². The molecule has 0 saturated heterocycles. The average Bonchev–Trinajstić information content (AvgIpc) is 2.72. The van der Waals surface area contributed by atoms with E-state index in [9.17, 15) is 14.4 Å². The third-order valence-corrected chi connectivity index (χ3v) is 3.62. The topological polar surface area (TPSA) is 104 Å². The Bertz CT molecular complexity index is 354. The highest BCUT2D eigenvalue weighted by molar-refractivity contribution is 5.88. The monoisotopic (exact) mass is 257 g/mol. The van der Waals surface area contributed by atoms with Crippen LogP contribution in [0.4, 0.5) is 0 Å². The number of carbonyl (C=O) groups is 3. The van der Waals surface area contributed by atoms with E-state index in [-0.39, 0.29) is 5.92 Å². The van der Waals surface area contributed by atoms with Crippen molar-refractivity contribution in [1.82, 2.24) is 5.32 Å². The lowest BCUT2D eigenvalue weighted by atomic mass is 9.95. The number of nitrogens with one attached hydrogen (secondary N) is 1. The quantitative estimate of drug-likeness (QED) is 0.673. The first-order valence-corrected chi connectivity index (χ1v) is 6.12. The molecule has 0 bridgehead atoms. The summed E-state index contributed by atoms with van der Waals surface area (Å²) in [7, 11) is 0. The highest BCUT2D eigenvalue weighted by atomic mass is 16.4. The number of carboxylic acids is 2. The van der Waals surface area contributed by atoms with Crippen LogP contribution in [0.2, 0.25) is 0 Å². The lowest BCUT2D eigenvalue weighted by Crippen LogP contribution is -2.43. The Hall–Kier alpha value is -1.59. The van der Waals surface area contributed by atoms with Crippen LogP contribution in [0.25, 0.3) is 0 Å². The van der Waals surface area contributed by atoms with Crippen molar-refractivity contribution >= 4 is 17.8 Å². The number of hydrogen-bond donors (Lipinski definition) is 3. The van der Waals surface area contributed by atoms with Crippen molar-refractivity contribution in [2.24, 2.45) is 17.8 Å². The maximum absolute atomic E-state index is 11.9. The van der Waals surface area contributed by atoms with Crippen LogP contribution >= 0.6 is 0 Å². The number of rotatable bonds is 5. The molecule has 1 saturated carbocycles. The molecular weight excluding hydrogens is 238 g/mol. The van der Waals surface area contributed by atoms with Gasteiger partial charge in [0, 0.05) is 0 Å². The molecule has 6 nitrogen and oxygen atoms in total. The third-order valence-electron chi connectivity index (χ3n) is 3.62. The lowest BCUT2D eigenvalue weighted by Gasteiger charge is -2.17. The van der Waals surface area contributed by atoms with Crippen LogP contribution in [-0.2, 0) is 14.4 Å². The predicted molar refractivity (Wildman–Crippen MR) is 62.9 cm³/mol. The van der Waals surface area contributed by atoms with Crippen molar-refractivity contribution in [1.29, 1.82) is 0 Å². The Morgan fingerprint density at radius 1 is 1.22 bits per heavy atom. The Labute approximate surface area is 105 Å². The van der Waals surface area contributed by atoms with Crippen LogP contribution in [0.3, 0.4) is 0 Å². The lowest BCUT2D eigenvalue weighted by molar-refractivity contribution is -0.147. The van der Waals surface area contributed by atoms with E-state index in [0.717, 1.165) is 6.42 Å². The van der Waals surface area contributed by atoms with Gasteiger partial charge in [-0.15, -0.1) is 0 Å². The molecule has 4 atom stereocenters. The molecule has 3 N–H and O–H groups in total. The summed E-state index contributed by atoms with van der Waals surface area (Å²) >= 11 is 0. The van der Waals surface area contributed by atoms with Crippen LogP contribution in [0.5, 0.6) is 0 Å². The number of carboxylic acid groups (broad SMARTS) is 2. The molecule has 1 fully saturated rings.